The largest absolute Gasteiger partial charge is 0.367 e. The van der Waals surface area contributed by atoms with Crippen LogP contribution in [0, 0.1) is 13.8 Å². The van der Waals surface area contributed by atoms with E-state index in [0.717, 1.165) is 22.7 Å². The van der Waals surface area contributed by atoms with Gasteiger partial charge in [0, 0.05) is 17.1 Å². The van der Waals surface area contributed by atoms with E-state index in [0.29, 0.717) is 17.4 Å². The SMILES string of the molecule is Cc1noc(C)c1Cn1cccc1C(=O)Nc1nc(C(C)(C)OC(C)C)cs1. The Balaban J connectivity index is 1.74. The second kappa shape index (κ2) is 7.89. The molecular formula is C20H26N4O3S. The van der Waals surface area contributed by atoms with Crippen LogP contribution in [0.1, 0.15) is 60.9 Å². The first-order chi connectivity index (χ1) is 13.2. The number of carbonyl (C=O) groups is 1. The molecular weight excluding hydrogens is 376 g/mol. The zero-order chi connectivity index (χ0) is 20.5. The van der Waals surface area contributed by atoms with Gasteiger partial charge in [-0.05, 0) is 53.7 Å². The molecule has 0 unspecified atom stereocenters. The van der Waals surface area contributed by atoms with Crippen LogP contribution in [-0.2, 0) is 16.9 Å². The predicted molar refractivity (Wildman–Crippen MR) is 109 cm³/mol. The summed E-state index contributed by atoms with van der Waals surface area (Å²) in [5.41, 5.74) is 2.64. The molecule has 0 saturated heterocycles. The molecule has 0 aliphatic heterocycles. The first kappa shape index (κ1) is 20.3. The Kier molecular flexibility index (Phi) is 5.71. The molecule has 3 aromatic heterocycles. The van der Waals surface area contributed by atoms with E-state index in [4.69, 9.17) is 9.26 Å². The highest BCUT2D eigenvalue weighted by Crippen LogP contribution is 2.29. The van der Waals surface area contributed by atoms with Gasteiger partial charge in [0.15, 0.2) is 5.13 Å². The Morgan fingerprint density at radius 1 is 1.39 bits per heavy atom. The van der Waals surface area contributed by atoms with Gasteiger partial charge in [-0.1, -0.05) is 5.16 Å². The van der Waals surface area contributed by atoms with E-state index in [9.17, 15) is 4.79 Å². The lowest BCUT2D eigenvalue weighted by atomic mass is 10.1. The summed E-state index contributed by atoms with van der Waals surface area (Å²) in [6.07, 6.45) is 1.95. The Labute approximate surface area is 168 Å². The number of hydrogen-bond acceptors (Lipinski definition) is 6. The van der Waals surface area contributed by atoms with Crippen molar-refractivity contribution in [2.45, 2.75) is 59.8 Å². The van der Waals surface area contributed by atoms with Gasteiger partial charge in [-0.2, -0.15) is 0 Å². The van der Waals surface area contributed by atoms with Crippen LogP contribution in [0.15, 0.2) is 28.2 Å². The van der Waals surface area contributed by atoms with E-state index in [2.05, 4.69) is 15.5 Å². The number of aryl methyl sites for hydroxylation is 2. The molecule has 0 saturated carbocycles. The standard InChI is InChI=1S/C20H26N4O3S/c1-12(2)26-20(5,6)17-11-28-19(21-17)22-18(25)16-8-7-9-24(16)10-15-13(3)23-27-14(15)4/h7-9,11-12H,10H2,1-6H3,(H,21,22,25). The highest BCUT2D eigenvalue weighted by Gasteiger charge is 2.26. The molecule has 1 amide bonds. The van der Waals surface area contributed by atoms with Crippen molar-refractivity contribution >= 4 is 22.4 Å². The molecule has 0 bridgehead atoms. The number of rotatable bonds is 7. The maximum Gasteiger partial charge on any atom is 0.274 e. The molecule has 3 heterocycles. The number of nitrogens with one attached hydrogen (secondary N) is 1. The molecule has 7 nitrogen and oxygen atoms in total. The molecule has 8 heteroatoms. The van der Waals surface area contributed by atoms with Gasteiger partial charge in [-0.15, -0.1) is 11.3 Å². The maximum absolute atomic E-state index is 12.8. The quantitative estimate of drug-likeness (QED) is 0.629. The molecule has 150 valence electrons. The van der Waals surface area contributed by atoms with E-state index < -0.39 is 5.60 Å². The lowest BCUT2D eigenvalue weighted by molar-refractivity contribution is -0.0623. The second-order valence-electron chi connectivity index (χ2n) is 7.49. The number of aromatic nitrogens is 3. The smallest absolute Gasteiger partial charge is 0.274 e. The molecule has 0 atom stereocenters. The van der Waals surface area contributed by atoms with Crippen LogP contribution in [0.4, 0.5) is 5.13 Å². The predicted octanol–water partition coefficient (Wildman–Crippen LogP) is 4.51. The maximum atomic E-state index is 12.8. The Hall–Kier alpha value is -2.45. The lowest BCUT2D eigenvalue weighted by Crippen LogP contribution is -2.26. The van der Waals surface area contributed by atoms with Gasteiger partial charge in [0.1, 0.15) is 17.1 Å². The minimum Gasteiger partial charge on any atom is -0.367 e. The van der Waals surface area contributed by atoms with Gasteiger partial charge < -0.3 is 13.8 Å². The fraction of sp³-hybridized carbons (Fsp3) is 0.450. The Morgan fingerprint density at radius 2 is 2.14 bits per heavy atom. The van der Waals surface area contributed by atoms with Gasteiger partial charge in [-0.25, -0.2) is 4.98 Å². The van der Waals surface area contributed by atoms with Crippen LogP contribution in [0.25, 0.3) is 0 Å². The zero-order valence-corrected chi connectivity index (χ0v) is 17.9. The van der Waals surface area contributed by atoms with Crippen LogP contribution in [-0.4, -0.2) is 26.7 Å². The van der Waals surface area contributed by atoms with E-state index in [1.165, 1.54) is 11.3 Å². The van der Waals surface area contributed by atoms with E-state index in [1.54, 1.807) is 6.07 Å². The molecule has 0 aliphatic carbocycles. The average molecular weight is 403 g/mol. The van der Waals surface area contributed by atoms with E-state index >= 15 is 0 Å². The summed E-state index contributed by atoms with van der Waals surface area (Å²) < 4.78 is 13.0. The van der Waals surface area contributed by atoms with Crippen LogP contribution in [0.5, 0.6) is 0 Å². The molecule has 3 rings (SSSR count). The molecule has 1 N–H and O–H groups in total. The molecule has 0 radical (unpaired) electrons. The van der Waals surface area contributed by atoms with Crippen molar-refractivity contribution < 1.29 is 14.1 Å². The molecule has 0 aliphatic rings. The molecule has 28 heavy (non-hydrogen) atoms. The van der Waals surface area contributed by atoms with Crippen LogP contribution in [0.3, 0.4) is 0 Å². The van der Waals surface area contributed by atoms with Crippen molar-refractivity contribution in [3.8, 4) is 0 Å². The summed E-state index contributed by atoms with van der Waals surface area (Å²) in [7, 11) is 0. The lowest BCUT2D eigenvalue weighted by Gasteiger charge is -2.25. The number of hydrogen-bond donors (Lipinski definition) is 1. The minimum atomic E-state index is -0.517. The van der Waals surface area contributed by atoms with Gasteiger partial charge in [-0.3, -0.25) is 10.1 Å². The zero-order valence-electron chi connectivity index (χ0n) is 17.1. The normalized spacial score (nSPS) is 12.0. The first-order valence-corrected chi connectivity index (χ1v) is 10.1. The van der Waals surface area contributed by atoms with Crippen molar-refractivity contribution in [1.29, 1.82) is 0 Å². The van der Waals surface area contributed by atoms with Crippen molar-refractivity contribution in [1.82, 2.24) is 14.7 Å². The summed E-state index contributed by atoms with van der Waals surface area (Å²) in [6.45, 7) is 12.2. The minimum absolute atomic E-state index is 0.0855. The van der Waals surface area contributed by atoms with Crippen molar-refractivity contribution in [2.24, 2.45) is 0 Å². The average Bonchev–Trinajstić information content (AvgIpc) is 3.31. The Bertz CT molecular complexity index is 948. The van der Waals surface area contributed by atoms with Gasteiger partial charge in [0.25, 0.3) is 5.91 Å². The first-order valence-electron chi connectivity index (χ1n) is 9.19. The van der Waals surface area contributed by atoms with E-state index in [1.807, 2.05) is 63.8 Å². The fourth-order valence-electron chi connectivity index (χ4n) is 3.07. The van der Waals surface area contributed by atoms with Crippen molar-refractivity contribution in [3.05, 3.63) is 52.1 Å². The summed E-state index contributed by atoms with van der Waals surface area (Å²) in [6, 6.07) is 3.63. The number of ether oxygens (including phenoxy) is 1. The highest BCUT2D eigenvalue weighted by atomic mass is 32.1. The van der Waals surface area contributed by atoms with Gasteiger partial charge in [0.2, 0.25) is 0 Å². The third-order valence-corrected chi connectivity index (χ3v) is 5.20. The van der Waals surface area contributed by atoms with Crippen LogP contribution < -0.4 is 5.32 Å². The number of nitrogens with zero attached hydrogens (tertiary/aromatic N) is 3. The van der Waals surface area contributed by atoms with Gasteiger partial charge >= 0.3 is 0 Å². The number of amides is 1. The number of thiazole rings is 1. The Morgan fingerprint density at radius 3 is 2.79 bits per heavy atom. The summed E-state index contributed by atoms with van der Waals surface area (Å²) >= 11 is 1.39. The van der Waals surface area contributed by atoms with Crippen molar-refractivity contribution in [2.75, 3.05) is 5.32 Å². The summed E-state index contributed by atoms with van der Waals surface area (Å²) in [4.78, 5) is 17.3. The number of carbonyl (C=O) groups excluding carboxylic acids is 1. The summed E-state index contributed by atoms with van der Waals surface area (Å²) in [5, 5.41) is 9.33. The molecule has 3 aromatic rings. The summed E-state index contributed by atoms with van der Waals surface area (Å²) in [5.74, 6) is 0.551. The monoisotopic (exact) mass is 402 g/mol. The number of anilines is 1. The fourth-order valence-corrected chi connectivity index (χ4v) is 3.94. The second-order valence-corrected chi connectivity index (χ2v) is 8.35. The molecule has 0 spiro atoms. The van der Waals surface area contributed by atoms with Crippen molar-refractivity contribution in [3.63, 3.8) is 0 Å². The highest BCUT2D eigenvalue weighted by molar-refractivity contribution is 7.14. The third-order valence-electron chi connectivity index (χ3n) is 4.44. The van der Waals surface area contributed by atoms with E-state index in [-0.39, 0.29) is 12.0 Å². The van der Waals surface area contributed by atoms with Crippen LogP contribution in [0.2, 0.25) is 0 Å². The molecule has 0 aromatic carbocycles. The topological polar surface area (TPSA) is 82.2 Å². The van der Waals surface area contributed by atoms with Crippen LogP contribution >= 0.6 is 11.3 Å². The molecule has 0 fully saturated rings. The third kappa shape index (κ3) is 4.34. The van der Waals surface area contributed by atoms with Gasteiger partial charge in [0.05, 0.1) is 24.0 Å².